The number of amides is 1. The van der Waals surface area contributed by atoms with Crippen LogP contribution in [-0.4, -0.2) is 25.7 Å². The summed E-state index contributed by atoms with van der Waals surface area (Å²) in [5, 5.41) is 16.8. The standard InChI is InChI=1S/C15H10N6O/c1-21-14-9(7-18-21)6-17-13(20-14)12-10-4-8(5-16)2-3-11(10)19-15(12)22/h2-4,6-7,12H,1H3,(H,19,22). The molecule has 0 spiro atoms. The maximum Gasteiger partial charge on any atom is 0.239 e. The first kappa shape index (κ1) is 12.5. The van der Waals surface area contributed by atoms with Crippen LogP contribution in [0.3, 0.4) is 0 Å². The Kier molecular flexibility index (Phi) is 2.47. The van der Waals surface area contributed by atoms with E-state index in [9.17, 15) is 4.79 Å². The fourth-order valence-corrected chi connectivity index (χ4v) is 2.68. The summed E-state index contributed by atoms with van der Waals surface area (Å²) in [6, 6.07) is 7.19. The molecule has 106 valence electrons. The zero-order chi connectivity index (χ0) is 15.3. The number of nitrogens with zero attached hydrogens (tertiary/aromatic N) is 5. The molecule has 1 aliphatic rings. The van der Waals surface area contributed by atoms with E-state index in [0.29, 0.717) is 22.7 Å². The summed E-state index contributed by atoms with van der Waals surface area (Å²) in [6.07, 6.45) is 3.33. The molecule has 22 heavy (non-hydrogen) atoms. The molecule has 0 saturated heterocycles. The molecule has 7 nitrogen and oxygen atoms in total. The Morgan fingerprint density at radius 1 is 1.36 bits per heavy atom. The van der Waals surface area contributed by atoms with Crippen LogP contribution in [0.1, 0.15) is 22.9 Å². The summed E-state index contributed by atoms with van der Waals surface area (Å²) < 4.78 is 1.64. The van der Waals surface area contributed by atoms with Crippen LogP contribution in [0.4, 0.5) is 5.69 Å². The van der Waals surface area contributed by atoms with Crippen LogP contribution in [0.15, 0.2) is 30.6 Å². The first-order valence-corrected chi connectivity index (χ1v) is 6.67. The maximum absolute atomic E-state index is 12.3. The predicted octanol–water partition coefficient (Wildman–Crippen LogP) is 1.32. The van der Waals surface area contributed by atoms with E-state index in [1.165, 1.54) is 0 Å². The molecular formula is C15H10N6O. The molecule has 7 heteroatoms. The van der Waals surface area contributed by atoms with Gasteiger partial charge in [-0.25, -0.2) is 9.97 Å². The predicted molar refractivity (Wildman–Crippen MR) is 77.9 cm³/mol. The number of carbonyl (C=O) groups is 1. The Balaban J connectivity index is 1.90. The number of carbonyl (C=O) groups excluding carboxylic acids is 1. The lowest BCUT2D eigenvalue weighted by atomic mass is 9.98. The van der Waals surface area contributed by atoms with Crippen LogP contribution in [0.2, 0.25) is 0 Å². The van der Waals surface area contributed by atoms with Gasteiger partial charge in [0.15, 0.2) is 5.65 Å². The lowest BCUT2D eigenvalue weighted by molar-refractivity contribution is -0.116. The third-order valence-corrected chi connectivity index (χ3v) is 3.76. The Morgan fingerprint density at radius 2 is 2.23 bits per heavy atom. The lowest BCUT2D eigenvalue weighted by Gasteiger charge is -2.07. The van der Waals surface area contributed by atoms with Crippen molar-refractivity contribution in [2.75, 3.05) is 5.32 Å². The molecule has 2 aromatic heterocycles. The van der Waals surface area contributed by atoms with Gasteiger partial charge >= 0.3 is 0 Å². The summed E-state index contributed by atoms with van der Waals surface area (Å²) >= 11 is 0. The van der Waals surface area contributed by atoms with E-state index in [4.69, 9.17) is 5.26 Å². The van der Waals surface area contributed by atoms with Crippen molar-refractivity contribution in [3.63, 3.8) is 0 Å². The van der Waals surface area contributed by atoms with Gasteiger partial charge in [-0.3, -0.25) is 9.48 Å². The highest BCUT2D eigenvalue weighted by Crippen LogP contribution is 2.36. The molecule has 1 aromatic carbocycles. The number of rotatable bonds is 1. The topological polar surface area (TPSA) is 96.5 Å². The largest absolute Gasteiger partial charge is 0.325 e. The number of nitriles is 1. The van der Waals surface area contributed by atoms with Crippen LogP contribution in [0.5, 0.6) is 0 Å². The number of aromatic nitrogens is 4. The summed E-state index contributed by atoms with van der Waals surface area (Å²) in [7, 11) is 1.79. The van der Waals surface area contributed by atoms with Crippen LogP contribution < -0.4 is 5.32 Å². The molecule has 0 saturated carbocycles. The summed E-state index contributed by atoms with van der Waals surface area (Å²) in [5.74, 6) is -0.392. The van der Waals surface area contributed by atoms with Crippen molar-refractivity contribution in [3.8, 4) is 6.07 Å². The second-order valence-corrected chi connectivity index (χ2v) is 5.11. The van der Waals surface area contributed by atoms with Crippen molar-refractivity contribution >= 4 is 22.6 Å². The average molecular weight is 290 g/mol. The van der Waals surface area contributed by atoms with E-state index in [-0.39, 0.29) is 5.91 Å². The molecular weight excluding hydrogens is 280 g/mol. The van der Waals surface area contributed by atoms with Gasteiger partial charge in [-0.2, -0.15) is 10.4 Å². The fourth-order valence-electron chi connectivity index (χ4n) is 2.68. The van der Waals surface area contributed by atoms with Crippen molar-refractivity contribution in [3.05, 3.63) is 47.5 Å². The third kappa shape index (κ3) is 1.67. The zero-order valence-electron chi connectivity index (χ0n) is 11.6. The van der Waals surface area contributed by atoms with Crippen molar-refractivity contribution in [2.24, 2.45) is 7.05 Å². The van der Waals surface area contributed by atoms with Crippen molar-refractivity contribution in [1.29, 1.82) is 5.26 Å². The Bertz CT molecular complexity index is 968. The minimum absolute atomic E-state index is 0.188. The average Bonchev–Trinajstić information content (AvgIpc) is 3.06. The van der Waals surface area contributed by atoms with Gasteiger partial charge in [0.05, 0.1) is 23.2 Å². The summed E-state index contributed by atoms with van der Waals surface area (Å²) in [4.78, 5) is 21.1. The smallest absolute Gasteiger partial charge is 0.239 e. The molecule has 1 aliphatic heterocycles. The Labute approximate surface area is 125 Å². The first-order valence-electron chi connectivity index (χ1n) is 6.67. The number of nitrogens with one attached hydrogen (secondary N) is 1. The second-order valence-electron chi connectivity index (χ2n) is 5.11. The summed E-state index contributed by atoms with van der Waals surface area (Å²) in [5.41, 5.74) is 2.60. The minimum atomic E-state index is -0.609. The number of anilines is 1. The lowest BCUT2D eigenvalue weighted by Crippen LogP contribution is -2.16. The molecule has 1 amide bonds. The molecule has 4 rings (SSSR count). The monoisotopic (exact) mass is 290 g/mol. The van der Waals surface area contributed by atoms with E-state index in [2.05, 4.69) is 26.5 Å². The normalized spacial score (nSPS) is 16.4. The highest BCUT2D eigenvalue weighted by Gasteiger charge is 2.34. The second kappa shape index (κ2) is 4.36. The third-order valence-electron chi connectivity index (χ3n) is 3.76. The molecule has 3 heterocycles. The van der Waals surface area contributed by atoms with Gasteiger partial charge < -0.3 is 5.32 Å². The van der Waals surface area contributed by atoms with E-state index >= 15 is 0 Å². The molecule has 3 aromatic rings. The van der Waals surface area contributed by atoms with E-state index < -0.39 is 5.92 Å². The van der Waals surface area contributed by atoms with E-state index in [1.807, 2.05) is 0 Å². The first-order chi connectivity index (χ1) is 10.7. The van der Waals surface area contributed by atoms with Gasteiger partial charge in [0.2, 0.25) is 5.91 Å². The van der Waals surface area contributed by atoms with Gasteiger partial charge in [0, 0.05) is 18.9 Å². The van der Waals surface area contributed by atoms with Crippen molar-refractivity contribution < 1.29 is 4.79 Å². The Hall–Kier alpha value is -3.27. The maximum atomic E-state index is 12.3. The molecule has 1 N–H and O–H groups in total. The van der Waals surface area contributed by atoms with Crippen LogP contribution in [-0.2, 0) is 11.8 Å². The van der Waals surface area contributed by atoms with Crippen molar-refractivity contribution in [1.82, 2.24) is 19.7 Å². The molecule has 0 aliphatic carbocycles. The van der Waals surface area contributed by atoms with E-state index in [0.717, 1.165) is 10.9 Å². The van der Waals surface area contributed by atoms with Crippen LogP contribution >= 0.6 is 0 Å². The van der Waals surface area contributed by atoms with Gasteiger partial charge in [0.1, 0.15) is 11.7 Å². The SMILES string of the molecule is Cn1ncc2cnc(C3C(=O)Nc4ccc(C#N)cc43)nc21. The highest BCUT2D eigenvalue weighted by molar-refractivity contribution is 6.04. The van der Waals surface area contributed by atoms with Gasteiger partial charge in [-0.05, 0) is 23.8 Å². The molecule has 1 unspecified atom stereocenters. The minimum Gasteiger partial charge on any atom is -0.325 e. The Morgan fingerprint density at radius 3 is 3.05 bits per heavy atom. The molecule has 1 atom stereocenters. The number of benzene rings is 1. The molecule has 0 fully saturated rings. The number of hydrogen-bond acceptors (Lipinski definition) is 5. The van der Waals surface area contributed by atoms with Gasteiger partial charge in [-0.15, -0.1) is 0 Å². The van der Waals surface area contributed by atoms with Crippen LogP contribution in [0.25, 0.3) is 11.0 Å². The van der Waals surface area contributed by atoms with Gasteiger partial charge in [-0.1, -0.05) is 0 Å². The van der Waals surface area contributed by atoms with Crippen LogP contribution in [0, 0.1) is 11.3 Å². The summed E-state index contributed by atoms with van der Waals surface area (Å²) in [6.45, 7) is 0. The number of hydrogen-bond donors (Lipinski definition) is 1. The number of fused-ring (bicyclic) bond motifs is 2. The van der Waals surface area contributed by atoms with Gasteiger partial charge in [0.25, 0.3) is 0 Å². The molecule has 0 radical (unpaired) electrons. The quantitative estimate of drug-likeness (QED) is 0.729. The molecule has 0 bridgehead atoms. The fraction of sp³-hybridized carbons (Fsp3) is 0.133. The van der Waals surface area contributed by atoms with E-state index in [1.54, 1.807) is 42.3 Å². The number of aryl methyl sites for hydroxylation is 1. The highest BCUT2D eigenvalue weighted by atomic mass is 16.2. The zero-order valence-corrected chi connectivity index (χ0v) is 11.6. The van der Waals surface area contributed by atoms with Crippen molar-refractivity contribution in [2.45, 2.75) is 5.92 Å².